The van der Waals surface area contributed by atoms with E-state index in [1.165, 1.54) is 6.07 Å². The highest BCUT2D eigenvalue weighted by atomic mass is 16.6. The molecule has 28 heavy (non-hydrogen) atoms. The van der Waals surface area contributed by atoms with Crippen LogP contribution in [0.25, 0.3) is 10.9 Å². The maximum absolute atomic E-state index is 12.5. The first kappa shape index (κ1) is 19.2. The van der Waals surface area contributed by atoms with Crippen LogP contribution < -0.4 is 4.74 Å². The highest BCUT2D eigenvalue weighted by Gasteiger charge is 2.22. The Balaban J connectivity index is 2.04. The highest BCUT2D eigenvalue weighted by Crippen LogP contribution is 2.28. The summed E-state index contributed by atoms with van der Waals surface area (Å²) in [4.78, 5) is 31.6. The van der Waals surface area contributed by atoms with E-state index in [2.05, 4.69) is 9.97 Å². The number of carbonyl (C=O) groups excluding carboxylic acids is 1. The molecular formula is C20H19N3O5. The minimum atomic E-state index is -0.604. The number of hydrogen-bond acceptors (Lipinski definition) is 7. The number of benzene rings is 1. The van der Waals surface area contributed by atoms with Gasteiger partial charge in [-0.2, -0.15) is 0 Å². The Morgan fingerprint density at radius 1 is 1.14 bits per heavy atom. The molecule has 0 radical (unpaired) electrons. The van der Waals surface area contributed by atoms with Gasteiger partial charge in [0.05, 0.1) is 23.4 Å². The largest absolute Gasteiger partial charge is 0.479 e. The molecule has 0 fully saturated rings. The minimum absolute atomic E-state index is 0.0121. The van der Waals surface area contributed by atoms with Gasteiger partial charge in [0.2, 0.25) is 5.75 Å². The summed E-state index contributed by atoms with van der Waals surface area (Å²) in [6, 6.07) is 10.5. The quantitative estimate of drug-likeness (QED) is 0.362. The molecule has 0 aliphatic heterocycles. The molecule has 0 amide bonds. The molecule has 0 saturated heterocycles. The summed E-state index contributed by atoms with van der Waals surface area (Å²) >= 11 is 0. The molecule has 0 N–H and O–H groups in total. The van der Waals surface area contributed by atoms with Crippen molar-refractivity contribution in [2.45, 2.75) is 27.4 Å². The van der Waals surface area contributed by atoms with Gasteiger partial charge in [0.25, 0.3) is 0 Å². The van der Waals surface area contributed by atoms with Gasteiger partial charge in [-0.3, -0.25) is 0 Å². The smallest absolute Gasteiger partial charge is 0.406 e. The van der Waals surface area contributed by atoms with Gasteiger partial charge in [-0.15, -0.1) is 0 Å². The van der Waals surface area contributed by atoms with Crippen molar-refractivity contribution in [2.75, 3.05) is 6.61 Å². The number of pyridine rings is 2. The molecule has 3 rings (SSSR count). The van der Waals surface area contributed by atoms with Crippen molar-refractivity contribution in [3.05, 3.63) is 69.0 Å². The highest BCUT2D eigenvalue weighted by molar-refractivity contribution is 5.98. The van der Waals surface area contributed by atoms with Gasteiger partial charge < -0.3 is 19.6 Å². The second-order valence-electron chi connectivity index (χ2n) is 6.12. The Labute approximate surface area is 161 Å². The van der Waals surface area contributed by atoms with E-state index in [0.29, 0.717) is 22.5 Å². The predicted octanol–water partition coefficient (Wildman–Crippen LogP) is 3.91. The second kappa shape index (κ2) is 7.99. The van der Waals surface area contributed by atoms with Crippen molar-refractivity contribution in [3.8, 4) is 5.75 Å². The maximum Gasteiger partial charge on any atom is 0.406 e. The third-order valence-corrected chi connectivity index (χ3v) is 4.22. The van der Waals surface area contributed by atoms with Crippen molar-refractivity contribution in [2.24, 2.45) is 0 Å². The van der Waals surface area contributed by atoms with Gasteiger partial charge in [0.1, 0.15) is 12.3 Å². The fourth-order valence-electron chi connectivity index (χ4n) is 2.94. The molecule has 1 aromatic carbocycles. The Morgan fingerprint density at radius 2 is 1.89 bits per heavy atom. The van der Waals surface area contributed by atoms with E-state index >= 15 is 0 Å². The van der Waals surface area contributed by atoms with E-state index in [0.717, 1.165) is 10.9 Å². The molecule has 2 heterocycles. The van der Waals surface area contributed by atoms with Crippen molar-refractivity contribution >= 4 is 22.7 Å². The standard InChI is InChI=1S/C20H19N3O5/c1-4-27-20(24)18-13(3)14-7-5-6-8-15(14)22-16(18)11-28-17-10-9-12(2)21-19(17)23(25)26/h5-10H,4,11H2,1-3H3. The molecule has 8 nitrogen and oxygen atoms in total. The molecule has 144 valence electrons. The van der Waals surface area contributed by atoms with Crippen LogP contribution in [0.15, 0.2) is 36.4 Å². The number of aromatic nitrogens is 2. The van der Waals surface area contributed by atoms with Crippen molar-refractivity contribution in [1.82, 2.24) is 9.97 Å². The molecule has 0 bridgehead atoms. The minimum Gasteiger partial charge on any atom is -0.479 e. The van der Waals surface area contributed by atoms with Gasteiger partial charge in [-0.25, -0.2) is 9.78 Å². The van der Waals surface area contributed by atoms with Crippen LogP contribution in [-0.4, -0.2) is 27.5 Å². The van der Waals surface area contributed by atoms with E-state index < -0.39 is 10.9 Å². The van der Waals surface area contributed by atoms with Gasteiger partial charge in [0, 0.05) is 12.3 Å². The van der Waals surface area contributed by atoms with Crippen LogP contribution in [-0.2, 0) is 11.3 Å². The van der Waals surface area contributed by atoms with Crippen LogP contribution in [0.5, 0.6) is 5.75 Å². The number of nitro groups is 1. The molecule has 8 heteroatoms. The fourth-order valence-corrected chi connectivity index (χ4v) is 2.94. The van der Waals surface area contributed by atoms with Crippen LogP contribution in [0, 0.1) is 24.0 Å². The first-order valence-electron chi connectivity index (χ1n) is 8.72. The number of esters is 1. The third kappa shape index (κ3) is 3.75. The average molecular weight is 381 g/mol. The number of carbonyl (C=O) groups is 1. The van der Waals surface area contributed by atoms with Crippen molar-refractivity contribution in [1.29, 1.82) is 0 Å². The summed E-state index contributed by atoms with van der Waals surface area (Å²) in [6.07, 6.45) is 0. The summed E-state index contributed by atoms with van der Waals surface area (Å²) in [7, 11) is 0. The summed E-state index contributed by atoms with van der Waals surface area (Å²) in [5.41, 5.74) is 2.58. The molecule has 0 saturated carbocycles. The predicted molar refractivity (Wildman–Crippen MR) is 102 cm³/mol. The molecule has 0 aliphatic rings. The zero-order valence-corrected chi connectivity index (χ0v) is 15.8. The van der Waals surface area contributed by atoms with E-state index in [9.17, 15) is 14.9 Å². The molecule has 0 atom stereocenters. The van der Waals surface area contributed by atoms with E-state index in [1.807, 2.05) is 31.2 Å². The number of para-hydroxylation sites is 1. The average Bonchev–Trinajstić information content (AvgIpc) is 2.67. The third-order valence-electron chi connectivity index (χ3n) is 4.22. The van der Waals surface area contributed by atoms with Crippen molar-refractivity contribution in [3.63, 3.8) is 0 Å². The van der Waals surface area contributed by atoms with Crippen LogP contribution >= 0.6 is 0 Å². The SMILES string of the molecule is CCOC(=O)c1c(COc2ccc(C)nc2[N+](=O)[O-])nc2ccccc2c1C. The summed E-state index contributed by atoms with van der Waals surface area (Å²) in [6.45, 7) is 5.28. The Hall–Kier alpha value is -3.55. The van der Waals surface area contributed by atoms with Gasteiger partial charge in [-0.1, -0.05) is 18.2 Å². The molecular weight excluding hydrogens is 362 g/mol. The van der Waals surface area contributed by atoms with Crippen LogP contribution in [0.1, 0.15) is 34.2 Å². The molecule has 2 aromatic heterocycles. The Kier molecular flexibility index (Phi) is 5.49. The van der Waals surface area contributed by atoms with Crippen LogP contribution in [0.3, 0.4) is 0 Å². The lowest BCUT2D eigenvalue weighted by Crippen LogP contribution is -2.14. The van der Waals surface area contributed by atoms with Gasteiger partial charge in [0.15, 0.2) is 0 Å². The first-order chi connectivity index (χ1) is 13.4. The monoisotopic (exact) mass is 381 g/mol. The number of nitrogens with zero attached hydrogens (tertiary/aromatic N) is 3. The van der Waals surface area contributed by atoms with Crippen LogP contribution in [0.2, 0.25) is 0 Å². The normalized spacial score (nSPS) is 10.7. The molecule has 0 unspecified atom stereocenters. The number of rotatable bonds is 6. The van der Waals surface area contributed by atoms with E-state index in [4.69, 9.17) is 9.47 Å². The lowest BCUT2D eigenvalue weighted by atomic mass is 10.0. The van der Waals surface area contributed by atoms with E-state index in [1.54, 1.807) is 19.9 Å². The summed E-state index contributed by atoms with van der Waals surface area (Å²) < 4.78 is 10.8. The zero-order valence-electron chi connectivity index (χ0n) is 15.8. The van der Waals surface area contributed by atoms with E-state index in [-0.39, 0.29) is 24.8 Å². The Morgan fingerprint density at radius 3 is 2.61 bits per heavy atom. The number of fused-ring (bicyclic) bond motifs is 1. The van der Waals surface area contributed by atoms with Crippen molar-refractivity contribution < 1.29 is 19.2 Å². The number of hydrogen-bond donors (Lipinski definition) is 0. The molecule has 3 aromatic rings. The van der Waals surface area contributed by atoms with Gasteiger partial charge in [-0.05, 0) is 47.5 Å². The number of ether oxygens (including phenoxy) is 2. The maximum atomic E-state index is 12.5. The van der Waals surface area contributed by atoms with Crippen LogP contribution in [0.4, 0.5) is 5.82 Å². The first-order valence-corrected chi connectivity index (χ1v) is 8.72. The lowest BCUT2D eigenvalue weighted by Gasteiger charge is -2.14. The lowest BCUT2D eigenvalue weighted by molar-refractivity contribution is -0.390. The Bertz CT molecular complexity index is 1070. The summed E-state index contributed by atoms with van der Waals surface area (Å²) in [5.74, 6) is -0.874. The second-order valence-corrected chi connectivity index (χ2v) is 6.12. The van der Waals surface area contributed by atoms with Gasteiger partial charge >= 0.3 is 11.8 Å². The fraction of sp³-hybridized carbons (Fsp3) is 0.250. The molecule has 0 aliphatic carbocycles. The topological polar surface area (TPSA) is 104 Å². The summed E-state index contributed by atoms with van der Waals surface area (Å²) in [5, 5.41) is 12.1. The molecule has 0 spiro atoms. The number of aryl methyl sites for hydroxylation is 2. The zero-order chi connectivity index (χ0) is 20.3.